The molecule has 6 heterocycles. The number of nitro groups is 1. The molecule has 0 atom stereocenters. The van der Waals surface area contributed by atoms with Crippen LogP contribution >= 0.6 is 89.7 Å². The zero-order valence-corrected chi connectivity index (χ0v) is 97.1. The van der Waals surface area contributed by atoms with Crippen LogP contribution in [0.2, 0.25) is 25.8 Å². The van der Waals surface area contributed by atoms with Crippen LogP contribution in [0.4, 0.5) is 11.4 Å². The molecule has 143 heavy (non-hydrogen) atoms. The first-order chi connectivity index (χ1) is 67.8. The molecular formula is C117H113Cl5K2N8O6P4Pd. The summed E-state index contributed by atoms with van der Waals surface area (Å²) < 4.78 is 0. The number of aromatic hydroxyl groups is 1. The number of carbonyl (C=O) groups is 1. The number of allylic oxidation sites excluding steroid dienone is 1. The van der Waals surface area contributed by atoms with Gasteiger partial charge in [-0.05, 0) is 233 Å². The fourth-order valence-electron chi connectivity index (χ4n) is 12.8. The number of nitrogens with zero attached hydrogens (tertiary/aromatic N) is 7. The molecule has 26 heteroatoms. The summed E-state index contributed by atoms with van der Waals surface area (Å²) in [6.07, 6.45) is 12.9. The second-order valence-electron chi connectivity index (χ2n) is 30.4. The minimum Gasteiger partial charge on any atom is -1.00 e. The summed E-state index contributed by atoms with van der Waals surface area (Å²) in [7, 11) is -1.78. The number of aromatic nitrogens is 6. The van der Waals surface area contributed by atoms with Gasteiger partial charge in [-0.2, -0.15) is 0 Å². The number of anilines is 1. The SMILES string of the molecule is C=CC.C=Cc1ncc(C)cc1C.Cc1cc(N)cnc1Cl.Cc1cc(O)cnc1Cl.Cc1cc([N+](=O)[O-])cnc1Cl.Cc1cnc(Cl)c(C)c1.Cc1cnc(Cl)c(C)c1.O=CO[O-].[H-].[K+].[K+].[Pd].c1ccc(P(c2ccccc2)c2ccccc2)cc1.c1ccc(P(c2ccccc2)c2ccccc2)cc1.c1ccc(P(c2ccccc2)c2ccccc2)cc1.c1ccc(P(c2ccccc2)c2ccccc2)cc1. The fourth-order valence-corrected chi connectivity index (χ4v) is 22.6. The van der Waals surface area contributed by atoms with Crippen molar-refractivity contribution in [3.63, 3.8) is 0 Å². The van der Waals surface area contributed by atoms with Gasteiger partial charge in [0.2, 0.25) is 0 Å². The molecule has 0 saturated carbocycles. The molecule has 0 radical (unpaired) electrons. The standard InChI is InChI=1S/4C18H15P.C9H11N.2C7H8ClN.C6H5ClN2O2.C6H7ClN2.C6H6ClNO.C3H6.CH2O3.2K.Pd.H/c4*1-4-10-16(11-5-1)19(17-12-6-2-7-13-17)18-14-8-3-9-15-18;1-4-9-8(3)5-7(2)6-10-9;2*1-5-3-6(2)7(8)9-4-5;1-4-2-5(9(10)11)3-8-6(4)7;1-4-2-5(8)3-9-6(4)7;1-4-2-5(9)3-8-6(4)7;1-3-2;2-1-4-3;;;;/h4*1-15H;4-6H,1H2,2-3H3;2*3-4H,1-2H3;2-3H,1H3;2-3H,8H2,1H3;2-3,9H,1H3;3H,1H2,2H3;1,3H;;;;/q;;;;;;;;;;;;2*+1;;-1/p-1. The molecule has 0 saturated heterocycles. The Morgan fingerprint density at radius 1 is 0.322 bits per heavy atom. The third kappa shape index (κ3) is 46.9. The largest absolute Gasteiger partial charge is 1.00 e. The van der Waals surface area contributed by atoms with E-state index in [0.717, 1.165) is 45.3 Å². The summed E-state index contributed by atoms with van der Waals surface area (Å²) in [6, 6.07) is 140. The number of aryl methyl sites for hydroxylation is 9. The average molecular weight is 2210 g/mol. The molecular weight excluding hydrogens is 2100 g/mol. The number of benzene rings is 12. The number of hydrogen-bond donors (Lipinski definition) is 2. The van der Waals surface area contributed by atoms with E-state index >= 15 is 0 Å². The van der Waals surface area contributed by atoms with E-state index in [2.05, 4.69) is 418 Å². The zero-order chi connectivity index (χ0) is 101. The maximum absolute atomic E-state index is 10.2. The van der Waals surface area contributed by atoms with Gasteiger partial charge < -0.3 is 22.4 Å². The molecule has 724 valence electrons. The van der Waals surface area contributed by atoms with Crippen molar-refractivity contribution in [2.75, 3.05) is 5.73 Å². The Morgan fingerprint density at radius 2 is 0.503 bits per heavy atom. The van der Waals surface area contributed by atoms with Crippen LogP contribution in [0.25, 0.3) is 6.08 Å². The van der Waals surface area contributed by atoms with Crippen molar-refractivity contribution in [3.8, 4) is 5.75 Å². The van der Waals surface area contributed by atoms with Gasteiger partial charge in [0.15, 0.2) is 0 Å². The van der Waals surface area contributed by atoms with Crippen LogP contribution in [-0.2, 0) is 30.1 Å². The Hall–Kier alpha value is -9.44. The van der Waals surface area contributed by atoms with Crippen molar-refractivity contribution in [2.24, 2.45) is 0 Å². The number of nitrogens with two attached hydrogens (primary N) is 1. The smallest absolute Gasteiger partial charge is 1.00 e. The van der Waals surface area contributed by atoms with Crippen molar-refractivity contribution < 1.29 is 150 Å². The number of nitrogen functional groups attached to an aromatic ring is 1. The molecule has 18 rings (SSSR count). The molecule has 12 aromatic carbocycles. The molecule has 18 aromatic rings. The van der Waals surface area contributed by atoms with Crippen molar-refractivity contribution >= 4 is 177 Å². The third-order valence-corrected chi connectivity index (χ3v) is 31.0. The van der Waals surface area contributed by atoms with E-state index < -0.39 is 36.6 Å². The van der Waals surface area contributed by atoms with E-state index in [9.17, 15) is 10.1 Å². The van der Waals surface area contributed by atoms with E-state index in [1.807, 2.05) is 73.7 Å². The minimum atomic E-state index is -0.504. The Balaban J connectivity index is 0.000000413. The van der Waals surface area contributed by atoms with Crippen LogP contribution in [0.3, 0.4) is 0 Å². The molecule has 0 unspecified atom stereocenters. The van der Waals surface area contributed by atoms with Gasteiger partial charge in [-0.1, -0.05) is 453 Å². The quantitative estimate of drug-likeness (QED) is 0.0143. The van der Waals surface area contributed by atoms with Crippen molar-refractivity contribution in [3.05, 3.63) is 548 Å². The topological polar surface area (TPSA) is 216 Å². The number of rotatable bonds is 15. The molecule has 3 N–H and O–H groups in total. The first kappa shape index (κ1) is 126. The number of carbonyl (C=O) groups excluding carboxylic acids is 1. The van der Waals surface area contributed by atoms with Gasteiger partial charge in [0, 0.05) is 45.1 Å². The summed E-state index contributed by atoms with van der Waals surface area (Å²) in [4.78, 5) is 44.1. The Kier molecular flexibility index (Phi) is 64.0. The van der Waals surface area contributed by atoms with Gasteiger partial charge in [0.25, 0.3) is 12.2 Å². The molecule has 0 bridgehead atoms. The van der Waals surface area contributed by atoms with E-state index in [0.29, 0.717) is 37.0 Å². The van der Waals surface area contributed by atoms with Crippen LogP contribution in [0.15, 0.2) is 457 Å². The van der Waals surface area contributed by atoms with Crippen LogP contribution < -0.4 is 177 Å². The summed E-state index contributed by atoms with van der Waals surface area (Å²) in [6.45, 7) is 26.0. The molecule has 0 aliphatic heterocycles. The normalized spacial score (nSPS) is 9.68. The predicted molar refractivity (Wildman–Crippen MR) is 601 cm³/mol. The Morgan fingerprint density at radius 3 is 0.664 bits per heavy atom. The third-order valence-electron chi connectivity index (χ3n) is 19.2. The maximum atomic E-state index is 10.2. The summed E-state index contributed by atoms with van der Waals surface area (Å²) in [5.41, 5.74) is 16.1. The summed E-state index contributed by atoms with van der Waals surface area (Å²) in [5.74, 6) is 0.150. The van der Waals surface area contributed by atoms with Crippen LogP contribution in [0.1, 0.15) is 64.1 Å². The van der Waals surface area contributed by atoms with Gasteiger partial charge in [0.05, 0.1) is 28.7 Å². The monoisotopic (exact) mass is 2210 g/mol. The van der Waals surface area contributed by atoms with E-state index in [-0.39, 0.29) is 143 Å². The molecule has 0 aliphatic carbocycles. The Labute approximate surface area is 973 Å². The van der Waals surface area contributed by atoms with Gasteiger partial charge >= 0.3 is 103 Å². The first-order valence-corrected chi connectivity index (χ1v) is 51.3. The molecule has 0 amide bonds. The number of hydrogen-bond acceptors (Lipinski definition) is 13. The first-order valence-electron chi connectivity index (χ1n) is 44.1. The molecule has 0 spiro atoms. The molecule has 0 fully saturated rings. The van der Waals surface area contributed by atoms with Crippen molar-refractivity contribution in [1.82, 2.24) is 29.9 Å². The van der Waals surface area contributed by atoms with Gasteiger partial charge in [-0.25, -0.2) is 24.9 Å². The van der Waals surface area contributed by atoms with Crippen LogP contribution in [-0.4, -0.2) is 46.4 Å². The van der Waals surface area contributed by atoms with E-state index in [4.69, 9.17) is 78.9 Å². The van der Waals surface area contributed by atoms with Gasteiger partial charge in [-0.3, -0.25) is 19.9 Å². The molecule has 6 aromatic heterocycles. The molecule has 14 nitrogen and oxygen atoms in total. The van der Waals surface area contributed by atoms with E-state index in [1.165, 1.54) is 93.2 Å². The van der Waals surface area contributed by atoms with Crippen LogP contribution in [0.5, 0.6) is 5.75 Å². The minimum absolute atomic E-state index is 0. The number of halogens is 5. The molecule has 0 aliphatic rings. The van der Waals surface area contributed by atoms with Gasteiger partial charge in [0.1, 0.15) is 37.7 Å². The van der Waals surface area contributed by atoms with E-state index in [1.54, 1.807) is 50.5 Å². The van der Waals surface area contributed by atoms with Gasteiger partial charge in [-0.15, -0.1) is 6.58 Å². The summed E-state index contributed by atoms with van der Waals surface area (Å²) >= 11 is 28.1. The average Bonchev–Trinajstić information content (AvgIpc) is 0.826. The van der Waals surface area contributed by atoms with Crippen LogP contribution in [0, 0.1) is 72.4 Å². The second-order valence-corrected chi connectivity index (χ2v) is 41.0. The number of pyridine rings is 6. The van der Waals surface area contributed by atoms with Crippen molar-refractivity contribution in [2.45, 2.75) is 69.2 Å². The zero-order valence-electron chi connectivity index (χ0n) is 82.9. The van der Waals surface area contributed by atoms with Crippen molar-refractivity contribution in [1.29, 1.82) is 0 Å². The Bertz CT molecular complexity index is 5600. The predicted octanol–water partition coefficient (Wildman–Crippen LogP) is 19.9. The second kappa shape index (κ2) is 72.8. The maximum Gasteiger partial charge on any atom is 1.00 e. The summed E-state index contributed by atoms with van der Waals surface area (Å²) in [5, 5.41) is 46.7. The fraction of sp³-hybridized carbons (Fsp3) is 0.0855.